The van der Waals surface area contributed by atoms with Gasteiger partial charge in [-0.15, -0.1) is 11.6 Å². The molecule has 15 heavy (non-hydrogen) atoms. The van der Waals surface area contributed by atoms with E-state index >= 15 is 0 Å². The van der Waals surface area contributed by atoms with Gasteiger partial charge in [0, 0.05) is 5.56 Å². The molecular formula is C11H7BrClFO. The molecule has 0 saturated heterocycles. The molecule has 0 saturated carbocycles. The van der Waals surface area contributed by atoms with Crippen LogP contribution in [0.4, 0.5) is 4.39 Å². The van der Waals surface area contributed by atoms with Crippen LogP contribution in [-0.4, -0.2) is 0 Å². The molecule has 2 rings (SSSR count). The molecule has 1 aromatic heterocycles. The molecule has 1 nitrogen and oxygen atoms in total. The summed E-state index contributed by atoms with van der Waals surface area (Å²) in [6, 6.07) is 6.49. The predicted octanol–water partition coefficient (Wildman–Crippen LogP) is 4.51. The van der Waals surface area contributed by atoms with Gasteiger partial charge in [0.05, 0.1) is 22.4 Å². The first-order valence-corrected chi connectivity index (χ1v) is 5.52. The van der Waals surface area contributed by atoms with E-state index < -0.39 is 0 Å². The molecule has 2 aromatic rings. The van der Waals surface area contributed by atoms with Gasteiger partial charge in [-0.05, 0) is 39.7 Å². The lowest BCUT2D eigenvalue weighted by atomic mass is 10.1. The predicted molar refractivity (Wildman–Crippen MR) is 60.5 cm³/mol. The fraction of sp³-hybridized carbons (Fsp3) is 0.0909. The zero-order chi connectivity index (χ0) is 10.8. The first-order chi connectivity index (χ1) is 7.18. The first kappa shape index (κ1) is 10.7. The van der Waals surface area contributed by atoms with Gasteiger partial charge in [0.25, 0.3) is 0 Å². The normalized spacial score (nSPS) is 12.7. The maximum absolute atomic E-state index is 13.0. The summed E-state index contributed by atoms with van der Waals surface area (Å²) < 4.78 is 18.3. The molecule has 4 heteroatoms. The van der Waals surface area contributed by atoms with Gasteiger partial charge >= 0.3 is 0 Å². The number of hydrogen-bond acceptors (Lipinski definition) is 1. The fourth-order valence-electron chi connectivity index (χ4n) is 1.28. The van der Waals surface area contributed by atoms with E-state index in [0.29, 0.717) is 4.47 Å². The van der Waals surface area contributed by atoms with Crippen LogP contribution >= 0.6 is 27.5 Å². The van der Waals surface area contributed by atoms with Gasteiger partial charge in [-0.25, -0.2) is 4.39 Å². The summed E-state index contributed by atoms with van der Waals surface area (Å²) in [7, 11) is 0. The topological polar surface area (TPSA) is 13.1 Å². The highest BCUT2D eigenvalue weighted by atomic mass is 79.9. The minimum atomic E-state index is -0.319. The average Bonchev–Trinajstić information content (AvgIpc) is 2.74. The van der Waals surface area contributed by atoms with E-state index in [0.717, 1.165) is 11.1 Å². The Hall–Kier alpha value is -0.800. The van der Waals surface area contributed by atoms with Crippen molar-refractivity contribution < 1.29 is 8.81 Å². The number of benzene rings is 1. The molecule has 0 radical (unpaired) electrons. The van der Waals surface area contributed by atoms with Crippen molar-refractivity contribution in [3.63, 3.8) is 0 Å². The highest BCUT2D eigenvalue weighted by Gasteiger charge is 2.13. The van der Waals surface area contributed by atoms with Gasteiger partial charge in [0.1, 0.15) is 5.82 Å². The van der Waals surface area contributed by atoms with E-state index in [-0.39, 0.29) is 11.2 Å². The van der Waals surface area contributed by atoms with E-state index in [4.69, 9.17) is 16.0 Å². The maximum atomic E-state index is 13.0. The van der Waals surface area contributed by atoms with Crippen LogP contribution in [0.2, 0.25) is 0 Å². The Morgan fingerprint density at radius 2 is 2.07 bits per heavy atom. The third-order valence-corrected chi connectivity index (χ3v) is 3.18. The monoisotopic (exact) mass is 288 g/mol. The van der Waals surface area contributed by atoms with Gasteiger partial charge in [-0.2, -0.15) is 0 Å². The maximum Gasteiger partial charge on any atom is 0.137 e. The molecule has 78 valence electrons. The molecule has 0 N–H and O–H groups in total. The highest BCUT2D eigenvalue weighted by Crippen LogP contribution is 2.31. The summed E-state index contributed by atoms with van der Waals surface area (Å²) >= 11 is 9.31. The van der Waals surface area contributed by atoms with E-state index in [1.54, 1.807) is 30.7 Å². The fourth-order valence-corrected chi connectivity index (χ4v) is 1.94. The first-order valence-electron chi connectivity index (χ1n) is 4.29. The van der Waals surface area contributed by atoms with Crippen molar-refractivity contribution in [1.29, 1.82) is 0 Å². The van der Waals surface area contributed by atoms with Crippen molar-refractivity contribution in [2.24, 2.45) is 0 Å². The lowest BCUT2D eigenvalue weighted by Crippen LogP contribution is -1.92. The Labute approximate surface area is 100.0 Å². The summed E-state index contributed by atoms with van der Waals surface area (Å²) in [6.07, 6.45) is 3.14. The van der Waals surface area contributed by atoms with Gasteiger partial charge in [-0.3, -0.25) is 0 Å². The van der Waals surface area contributed by atoms with E-state index in [9.17, 15) is 4.39 Å². The lowest BCUT2D eigenvalue weighted by Gasteiger charge is -2.07. The third-order valence-electron chi connectivity index (χ3n) is 2.07. The second kappa shape index (κ2) is 4.37. The Morgan fingerprint density at radius 3 is 2.67 bits per heavy atom. The molecule has 0 spiro atoms. The number of halogens is 3. The Balaban J connectivity index is 2.34. The summed E-state index contributed by atoms with van der Waals surface area (Å²) in [6.45, 7) is 0. The second-order valence-electron chi connectivity index (χ2n) is 3.09. The minimum absolute atomic E-state index is 0.296. The number of furan rings is 1. The summed E-state index contributed by atoms with van der Waals surface area (Å²) in [5, 5.41) is -0.319. The van der Waals surface area contributed by atoms with Gasteiger partial charge in [-0.1, -0.05) is 6.07 Å². The summed E-state index contributed by atoms with van der Waals surface area (Å²) in [4.78, 5) is 0. The molecule has 1 aromatic carbocycles. The average molecular weight is 290 g/mol. The SMILES string of the molecule is Fc1ccc(C(Cl)c2ccoc2)cc1Br. The van der Waals surface area contributed by atoms with Gasteiger partial charge in [0.15, 0.2) is 0 Å². The summed E-state index contributed by atoms with van der Waals surface area (Å²) in [5.41, 5.74) is 1.68. The zero-order valence-corrected chi connectivity index (χ0v) is 9.93. The molecule has 0 fully saturated rings. The van der Waals surface area contributed by atoms with Crippen LogP contribution in [0.5, 0.6) is 0 Å². The lowest BCUT2D eigenvalue weighted by molar-refractivity contribution is 0.564. The van der Waals surface area contributed by atoms with Crippen LogP contribution in [-0.2, 0) is 0 Å². The Morgan fingerprint density at radius 1 is 1.27 bits per heavy atom. The van der Waals surface area contributed by atoms with Crippen molar-refractivity contribution in [2.75, 3.05) is 0 Å². The van der Waals surface area contributed by atoms with Gasteiger partial charge in [0.2, 0.25) is 0 Å². The van der Waals surface area contributed by atoms with E-state index in [2.05, 4.69) is 15.9 Å². The van der Waals surface area contributed by atoms with Crippen molar-refractivity contribution in [2.45, 2.75) is 5.38 Å². The molecule has 0 aliphatic rings. The molecular weight excluding hydrogens is 282 g/mol. The van der Waals surface area contributed by atoms with Crippen molar-refractivity contribution in [3.8, 4) is 0 Å². The van der Waals surface area contributed by atoms with Gasteiger partial charge < -0.3 is 4.42 Å². The molecule has 1 atom stereocenters. The van der Waals surface area contributed by atoms with Crippen LogP contribution in [0.3, 0.4) is 0 Å². The van der Waals surface area contributed by atoms with Crippen LogP contribution in [0.15, 0.2) is 45.7 Å². The minimum Gasteiger partial charge on any atom is -0.472 e. The van der Waals surface area contributed by atoms with Crippen LogP contribution < -0.4 is 0 Å². The van der Waals surface area contributed by atoms with Crippen molar-refractivity contribution in [1.82, 2.24) is 0 Å². The number of hydrogen-bond donors (Lipinski definition) is 0. The number of alkyl halides is 1. The zero-order valence-electron chi connectivity index (χ0n) is 7.58. The molecule has 0 aliphatic carbocycles. The number of rotatable bonds is 2. The molecule has 1 unspecified atom stereocenters. The second-order valence-corrected chi connectivity index (χ2v) is 4.38. The van der Waals surface area contributed by atoms with Crippen LogP contribution in [0, 0.1) is 5.82 Å². The smallest absolute Gasteiger partial charge is 0.137 e. The standard InChI is InChI=1S/C11H7BrClFO/c12-9-5-7(1-2-10(9)14)11(13)8-3-4-15-6-8/h1-6,11H. The van der Waals surface area contributed by atoms with Crippen molar-refractivity contribution >= 4 is 27.5 Å². The Bertz CT molecular complexity index is 456. The van der Waals surface area contributed by atoms with E-state index in [1.165, 1.54) is 6.07 Å². The van der Waals surface area contributed by atoms with Crippen LogP contribution in [0.1, 0.15) is 16.5 Å². The molecule has 1 heterocycles. The molecule has 0 bridgehead atoms. The van der Waals surface area contributed by atoms with Crippen molar-refractivity contribution in [3.05, 3.63) is 58.2 Å². The largest absolute Gasteiger partial charge is 0.472 e. The third kappa shape index (κ3) is 2.24. The quantitative estimate of drug-likeness (QED) is 0.741. The van der Waals surface area contributed by atoms with E-state index in [1.807, 2.05) is 0 Å². The molecule has 0 aliphatic heterocycles. The van der Waals surface area contributed by atoms with Crippen LogP contribution in [0.25, 0.3) is 0 Å². The molecule has 0 amide bonds. The highest BCUT2D eigenvalue weighted by molar-refractivity contribution is 9.10. The Kier molecular flexibility index (Phi) is 3.12. The summed E-state index contributed by atoms with van der Waals surface area (Å²) in [5.74, 6) is -0.296.